The molecule has 2 aromatic heterocycles. The number of hydrogen-bond donors (Lipinski definition) is 2. The molecule has 1 fully saturated rings. The molecule has 1 aliphatic heterocycles. The summed E-state index contributed by atoms with van der Waals surface area (Å²) in [5, 5.41) is 12.7. The Morgan fingerprint density at radius 3 is 2.24 bits per heavy atom. The number of thiophene rings is 1. The van der Waals surface area contributed by atoms with Crippen molar-refractivity contribution < 1.29 is 24.2 Å². The first-order valence-corrected chi connectivity index (χ1v) is 18.4. The molecule has 10 heteroatoms. The number of carboxylic acid groups (broad SMARTS) is 1. The van der Waals surface area contributed by atoms with Gasteiger partial charge in [-0.2, -0.15) is 0 Å². The molecular formula is C40H48N4O5S. The Morgan fingerprint density at radius 1 is 0.920 bits per heavy atom. The fraction of sp³-hybridized carbons (Fsp3) is 0.425. The minimum Gasteiger partial charge on any atom is -0.494 e. The van der Waals surface area contributed by atoms with E-state index in [0.717, 1.165) is 45.9 Å². The van der Waals surface area contributed by atoms with Crippen LogP contribution in [0.3, 0.4) is 0 Å². The Morgan fingerprint density at radius 2 is 1.60 bits per heavy atom. The number of aromatic nitrogens is 2. The molecule has 2 amide bonds. The Balaban J connectivity index is 1.24. The standard InChI is InChI=1S/C40H48N4O5S/c1-5-6-7-8-9-23-49-31-18-16-28(17-19-31)30-25-41-36(42-26-30)29-14-12-27(13-15-29)24-32(38(46)44-22-10-11-33(44)39(47)48)43-37(45)34-20-21-35(50-34)40(2,3)4/h12-21,25-26,32-33H,5-11,22-24H2,1-4H3,(H,43,45)(H,47,48). The van der Waals surface area contributed by atoms with Gasteiger partial charge in [0.05, 0.1) is 11.5 Å². The van der Waals surface area contributed by atoms with E-state index in [1.54, 1.807) is 18.5 Å². The first-order valence-electron chi connectivity index (χ1n) is 17.6. The second-order valence-corrected chi connectivity index (χ2v) is 15.0. The maximum Gasteiger partial charge on any atom is 0.326 e. The van der Waals surface area contributed by atoms with Crippen molar-refractivity contribution in [1.29, 1.82) is 0 Å². The molecule has 2 atom stereocenters. The van der Waals surface area contributed by atoms with Crippen molar-refractivity contribution in [2.75, 3.05) is 13.2 Å². The molecule has 1 saturated heterocycles. The Hall–Kier alpha value is -4.57. The predicted molar refractivity (Wildman–Crippen MR) is 198 cm³/mol. The van der Waals surface area contributed by atoms with Crippen LogP contribution in [0.15, 0.2) is 73.1 Å². The zero-order chi connectivity index (χ0) is 35.7. The number of rotatable bonds is 15. The molecule has 3 heterocycles. The van der Waals surface area contributed by atoms with Crippen LogP contribution in [0, 0.1) is 0 Å². The summed E-state index contributed by atoms with van der Waals surface area (Å²) in [5.41, 5.74) is 3.42. The van der Waals surface area contributed by atoms with Crippen LogP contribution in [0.1, 0.15) is 92.8 Å². The molecule has 2 unspecified atom stereocenters. The normalized spacial score (nSPS) is 15.1. The molecule has 5 rings (SSSR count). The quantitative estimate of drug-likeness (QED) is 0.121. The topological polar surface area (TPSA) is 122 Å². The van der Waals surface area contributed by atoms with Gasteiger partial charge in [-0.25, -0.2) is 14.8 Å². The largest absolute Gasteiger partial charge is 0.494 e. The van der Waals surface area contributed by atoms with Crippen LogP contribution in [0.5, 0.6) is 5.75 Å². The van der Waals surface area contributed by atoms with Gasteiger partial charge < -0.3 is 20.1 Å². The summed E-state index contributed by atoms with van der Waals surface area (Å²) in [7, 11) is 0. The van der Waals surface area contributed by atoms with Crippen LogP contribution in [0.25, 0.3) is 22.5 Å². The van der Waals surface area contributed by atoms with Crippen molar-refractivity contribution in [3.63, 3.8) is 0 Å². The summed E-state index contributed by atoms with van der Waals surface area (Å²) in [6.45, 7) is 9.54. The van der Waals surface area contributed by atoms with Crippen LogP contribution in [0.4, 0.5) is 0 Å². The maximum absolute atomic E-state index is 13.8. The van der Waals surface area contributed by atoms with Gasteiger partial charge in [-0.1, -0.05) is 89.8 Å². The van der Waals surface area contributed by atoms with Crippen LogP contribution < -0.4 is 10.1 Å². The van der Waals surface area contributed by atoms with E-state index in [0.29, 0.717) is 30.1 Å². The number of carboxylic acids is 1. The summed E-state index contributed by atoms with van der Waals surface area (Å²) >= 11 is 1.40. The third-order valence-corrected chi connectivity index (χ3v) is 10.5. The average Bonchev–Trinajstić information content (AvgIpc) is 3.82. The van der Waals surface area contributed by atoms with Crippen molar-refractivity contribution in [3.8, 4) is 28.3 Å². The number of benzene rings is 2. The number of carbonyl (C=O) groups excluding carboxylic acids is 2. The van der Waals surface area contributed by atoms with E-state index in [1.165, 1.54) is 41.9 Å². The van der Waals surface area contributed by atoms with Crippen LogP contribution in [0.2, 0.25) is 0 Å². The summed E-state index contributed by atoms with van der Waals surface area (Å²) in [4.78, 5) is 51.2. The van der Waals surface area contributed by atoms with Crippen molar-refractivity contribution in [2.24, 2.45) is 0 Å². The van der Waals surface area contributed by atoms with Crippen molar-refractivity contribution in [2.45, 2.75) is 96.6 Å². The lowest BCUT2D eigenvalue weighted by atomic mass is 9.95. The zero-order valence-electron chi connectivity index (χ0n) is 29.5. The summed E-state index contributed by atoms with van der Waals surface area (Å²) < 4.78 is 5.90. The van der Waals surface area contributed by atoms with Crippen molar-refractivity contribution in [3.05, 3.63) is 88.4 Å². The second-order valence-electron chi connectivity index (χ2n) is 14.0. The molecule has 2 N–H and O–H groups in total. The van der Waals surface area contributed by atoms with E-state index < -0.39 is 18.1 Å². The SMILES string of the molecule is CCCCCCCOc1ccc(-c2cnc(-c3ccc(CC(NC(=O)c4ccc(C(C)(C)C)s4)C(=O)N4CCCC4C(=O)O)cc3)nc2)cc1. The smallest absolute Gasteiger partial charge is 0.326 e. The fourth-order valence-corrected chi connectivity index (χ4v) is 7.04. The fourth-order valence-electron chi connectivity index (χ4n) is 6.07. The van der Waals surface area contributed by atoms with Gasteiger partial charge in [0.25, 0.3) is 5.91 Å². The van der Waals surface area contributed by atoms with Gasteiger partial charge >= 0.3 is 5.97 Å². The van der Waals surface area contributed by atoms with Gasteiger partial charge in [-0.05, 0) is 60.1 Å². The number of carbonyl (C=O) groups is 3. The highest BCUT2D eigenvalue weighted by molar-refractivity contribution is 7.14. The number of likely N-dealkylation sites (tertiary alicyclic amines) is 1. The number of ether oxygens (including phenoxy) is 1. The first-order chi connectivity index (χ1) is 24.0. The lowest BCUT2D eigenvalue weighted by Crippen LogP contribution is -2.52. The molecule has 0 saturated carbocycles. The molecule has 0 bridgehead atoms. The van der Waals surface area contributed by atoms with E-state index in [2.05, 4.69) is 43.0 Å². The highest BCUT2D eigenvalue weighted by Crippen LogP contribution is 2.30. The zero-order valence-corrected chi connectivity index (χ0v) is 30.3. The molecule has 9 nitrogen and oxygen atoms in total. The van der Waals surface area contributed by atoms with Crippen LogP contribution in [-0.4, -0.2) is 63.0 Å². The third kappa shape index (κ3) is 9.56. The van der Waals surface area contributed by atoms with Gasteiger partial charge in [0.2, 0.25) is 5.91 Å². The number of amides is 2. The number of unbranched alkanes of at least 4 members (excludes halogenated alkanes) is 4. The minimum absolute atomic E-state index is 0.109. The molecule has 0 aliphatic carbocycles. The highest BCUT2D eigenvalue weighted by atomic mass is 32.1. The van der Waals surface area contributed by atoms with Crippen LogP contribution in [-0.2, 0) is 21.4 Å². The molecule has 4 aromatic rings. The monoisotopic (exact) mass is 696 g/mol. The number of hydrogen-bond acceptors (Lipinski definition) is 7. The van der Waals surface area contributed by atoms with Crippen LogP contribution >= 0.6 is 11.3 Å². The van der Waals surface area contributed by atoms with Gasteiger partial charge in [0.15, 0.2) is 5.82 Å². The van der Waals surface area contributed by atoms with E-state index >= 15 is 0 Å². The minimum atomic E-state index is -1.03. The van der Waals surface area contributed by atoms with Gasteiger partial charge in [0.1, 0.15) is 17.8 Å². The number of nitrogens with one attached hydrogen (secondary N) is 1. The lowest BCUT2D eigenvalue weighted by Gasteiger charge is -2.27. The molecular weight excluding hydrogens is 649 g/mol. The number of nitrogens with zero attached hydrogens (tertiary/aromatic N) is 3. The molecule has 0 radical (unpaired) electrons. The Bertz CT molecular complexity index is 1730. The summed E-state index contributed by atoms with van der Waals surface area (Å²) in [6, 6.07) is 17.4. The second kappa shape index (κ2) is 16.9. The Labute approximate surface area is 299 Å². The molecule has 0 spiro atoms. The Kier molecular flexibility index (Phi) is 12.4. The van der Waals surface area contributed by atoms with Gasteiger partial charge in [0, 0.05) is 41.4 Å². The number of aliphatic carboxylic acids is 1. The van der Waals surface area contributed by atoms with E-state index in [-0.39, 0.29) is 23.7 Å². The van der Waals surface area contributed by atoms with E-state index in [4.69, 9.17) is 4.74 Å². The molecule has 50 heavy (non-hydrogen) atoms. The van der Waals surface area contributed by atoms with Gasteiger partial charge in [-0.3, -0.25) is 9.59 Å². The highest BCUT2D eigenvalue weighted by Gasteiger charge is 2.38. The van der Waals surface area contributed by atoms with E-state index in [1.807, 2.05) is 54.6 Å². The van der Waals surface area contributed by atoms with Crippen molar-refractivity contribution >= 4 is 29.1 Å². The van der Waals surface area contributed by atoms with Gasteiger partial charge in [-0.15, -0.1) is 11.3 Å². The van der Waals surface area contributed by atoms with E-state index in [9.17, 15) is 19.5 Å². The predicted octanol–water partition coefficient (Wildman–Crippen LogP) is 7.94. The molecule has 2 aromatic carbocycles. The molecule has 264 valence electrons. The average molecular weight is 697 g/mol. The summed E-state index contributed by atoms with van der Waals surface area (Å²) in [5.74, 6) is -0.341. The first kappa shape index (κ1) is 36.7. The summed E-state index contributed by atoms with van der Waals surface area (Å²) in [6.07, 6.45) is 10.8. The lowest BCUT2D eigenvalue weighted by molar-refractivity contribution is -0.148. The van der Waals surface area contributed by atoms with Crippen molar-refractivity contribution in [1.82, 2.24) is 20.2 Å². The maximum atomic E-state index is 13.8. The third-order valence-electron chi connectivity index (χ3n) is 9.00. The molecule has 1 aliphatic rings.